The average Bonchev–Trinajstić information content (AvgIpc) is 2.01. The number of rotatable bonds is 3. The summed E-state index contributed by atoms with van der Waals surface area (Å²) in [4.78, 5) is 4.28. The first kappa shape index (κ1) is 10.5. The van der Waals surface area contributed by atoms with E-state index >= 15 is 0 Å². The molecule has 1 aromatic rings. The fourth-order valence-electron chi connectivity index (χ4n) is 1.09. The molecule has 0 atom stereocenters. The summed E-state index contributed by atoms with van der Waals surface area (Å²) in [5, 5.41) is 0.838. The quantitative estimate of drug-likeness (QED) is 0.762. The highest BCUT2D eigenvalue weighted by molar-refractivity contribution is 9.08. The molecule has 0 saturated heterocycles. The van der Waals surface area contributed by atoms with Crippen LogP contribution in [-0.4, -0.2) is 11.1 Å². The molecular weight excluding hydrogens is 230 g/mol. The molecule has 13 heavy (non-hydrogen) atoms. The number of alkyl halides is 1. The van der Waals surface area contributed by atoms with Crippen LogP contribution in [0.25, 0.3) is 0 Å². The SMILES string of the molecule is Cc1cc(CBr)cc(OC(C)C)n1. The van der Waals surface area contributed by atoms with Gasteiger partial charge in [-0.05, 0) is 32.4 Å². The van der Waals surface area contributed by atoms with Gasteiger partial charge in [0.2, 0.25) is 5.88 Å². The number of nitrogens with zero attached hydrogens (tertiary/aromatic N) is 1. The lowest BCUT2D eigenvalue weighted by Gasteiger charge is -2.10. The van der Waals surface area contributed by atoms with E-state index in [-0.39, 0.29) is 6.10 Å². The minimum absolute atomic E-state index is 0.178. The van der Waals surface area contributed by atoms with Crippen molar-refractivity contribution in [2.75, 3.05) is 0 Å². The van der Waals surface area contributed by atoms with E-state index in [2.05, 4.69) is 20.9 Å². The van der Waals surface area contributed by atoms with Crippen LogP contribution < -0.4 is 4.74 Å². The fourth-order valence-corrected chi connectivity index (χ4v) is 1.41. The lowest BCUT2D eigenvalue weighted by atomic mass is 10.2. The second kappa shape index (κ2) is 4.61. The zero-order valence-electron chi connectivity index (χ0n) is 8.17. The first-order valence-electron chi connectivity index (χ1n) is 4.32. The van der Waals surface area contributed by atoms with Crippen LogP contribution in [-0.2, 0) is 5.33 Å². The predicted octanol–water partition coefficient (Wildman–Crippen LogP) is 3.07. The van der Waals surface area contributed by atoms with Gasteiger partial charge in [-0.25, -0.2) is 4.98 Å². The largest absolute Gasteiger partial charge is 0.475 e. The Morgan fingerprint density at radius 2 is 2.15 bits per heavy atom. The molecular formula is C10H14BrNO. The van der Waals surface area contributed by atoms with E-state index in [1.54, 1.807) is 0 Å². The molecule has 3 heteroatoms. The maximum Gasteiger partial charge on any atom is 0.213 e. The number of halogens is 1. The Bertz CT molecular complexity index is 286. The van der Waals surface area contributed by atoms with Crippen molar-refractivity contribution >= 4 is 15.9 Å². The Kier molecular flexibility index (Phi) is 3.72. The van der Waals surface area contributed by atoms with E-state index < -0.39 is 0 Å². The van der Waals surface area contributed by atoms with E-state index in [1.807, 2.05) is 32.9 Å². The molecule has 0 spiro atoms. The summed E-state index contributed by atoms with van der Waals surface area (Å²) >= 11 is 3.41. The number of ether oxygens (including phenoxy) is 1. The van der Waals surface area contributed by atoms with Gasteiger partial charge < -0.3 is 4.74 Å². The van der Waals surface area contributed by atoms with Gasteiger partial charge in [-0.15, -0.1) is 0 Å². The Labute approximate surface area is 87.5 Å². The first-order chi connectivity index (χ1) is 6.11. The molecule has 0 bridgehead atoms. The van der Waals surface area contributed by atoms with Crippen molar-refractivity contribution in [3.8, 4) is 5.88 Å². The van der Waals surface area contributed by atoms with Crippen molar-refractivity contribution in [3.63, 3.8) is 0 Å². The van der Waals surface area contributed by atoms with Gasteiger partial charge in [0.1, 0.15) is 0 Å². The van der Waals surface area contributed by atoms with E-state index in [4.69, 9.17) is 4.74 Å². The third-order valence-electron chi connectivity index (χ3n) is 1.50. The normalized spacial score (nSPS) is 10.5. The lowest BCUT2D eigenvalue weighted by Crippen LogP contribution is -2.07. The van der Waals surface area contributed by atoms with Crippen LogP contribution >= 0.6 is 15.9 Å². The Balaban J connectivity index is 2.88. The van der Waals surface area contributed by atoms with Crippen molar-refractivity contribution in [3.05, 3.63) is 23.4 Å². The molecule has 1 aromatic heterocycles. The maximum atomic E-state index is 5.51. The van der Waals surface area contributed by atoms with Gasteiger partial charge in [0, 0.05) is 17.1 Å². The van der Waals surface area contributed by atoms with E-state index in [0.29, 0.717) is 5.88 Å². The summed E-state index contributed by atoms with van der Waals surface area (Å²) in [5.74, 6) is 0.712. The van der Waals surface area contributed by atoms with E-state index in [1.165, 1.54) is 5.56 Å². The highest BCUT2D eigenvalue weighted by Crippen LogP contribution is 2.15. The van der Waals surface area contributed by atoms with E-state index in [0.717, 1.165) is 11.0 Å². The standard InChI is InChI=1S/C10H14BrNO/c1-7(2)13-10-5-9(6-11)4-8(3)12-10/h4-5,7H,6H2,1-3H3. The second-order valence-corrected chi connectivity index (χ2v) is 3.82. The van der Waals surface area contributed by atoms with Crippen molar-refractivity contribution in [2.45, 2.75) is 32.2 Å². The van der Waals surface area contributed by atoms with Crippen LogP contribution in [0.2, 0.25) is 0 Å². The summed E-state index contributed by atoms with van der Waals surface area (Å²) < 4.78 is 5.51. The van der Waals surface area contributed by atoms with Gasteiger partial charge >= 0.3 is 0 Å². The first-order valence-corrected chi connectivity index (χ1v) is 5.44. The predicted molar refractivity (Wildman–Crippen MR) is 57.4 cm³/mol. The van der Waals surface area contributed by atoms with Crippen molar-refractivity contribution in [1.82, 2.24) is 4.98 Å². The van der Waals surface area contributed by atoms with Crippen LogP contribution in [0.3, 0.4) is 0 Å². The topological polar surface area (TPSA) is 22.1 Å². The molecule has 2 nitrogen and oxygen atoms in total. The van der Waals surface area contributed by atoms with Gasteiger partial charge in [-0.3, -0.25) is 0 Å². The molecule has 0 amide bonds. The Morgan fingerprint density at radius 3 is 2.69 bits per heavy atom. The van der Waals surface area contributed by atoms with Crippen LogP contribution in [0.5, 0.6) is 5.88 Å². The zero-order chi connectivity index (χ0) is 9.84. The molecule has 0 saturated carbocycles. The number of aryl methyl sites for hydroxylation is 1. The molecule has 1 rings (SSSR count). The van der Waals surface area contributed by atoms with Gasteiger partial charge in [0.15, 0.2) is 0 Å². The molecule has 0 aromatic carbocycles. The number of hydrogen-bond acceptors (Lipinski definition) is 2. The molecule has 0 aliphatic carbocycles. The third kappa shape index (κ3) is 3.35. The van der Waals surface area contributed by atoms with Crippen LogP contribution in [0.1, 0.15) is 25.1 Å². The van der Waals surface area contributed by atoms with Gasteiger partial charge in [-0.2, -0.15) is 0 Å². The van der Waals surface area contributed by atoms with Crippen molar-refractivity contribution < 1.29 is 4.74 Å². The summed E-state index contributed by atoms with van der Waals surface area (Å²) in [6, 6.07) is 4.00. The average molecular weight is 244 g/mol. The van der Waals surface area contributed by atoms with Crippen molar-refractivity contribution in [2.24, 2.45) is 0 Å². The highest BCUT2D eigenvalue weighted by Gasteiger charge is 2.02. The van der Waals surface area contributed by atoms with Crippen molar-refractivity contribution in [1.29, 1.82) is 0 Å². The maximum absolute atomic E-state index is 5.51. The van der Waals surface area contributed by atoms with Gasteiger partial charge in [0.25, 0.3) is 0 Å². The number of pyridine rings is 1. The Hall–Kier alpha value is -0.570. The van der Waals surface area contributed by atoms with Crippen LogP contribution in [0.4, 0.5) is 0 Å². The lowest BCUT2D eigenvalue weighted by molar-refractivity contribution is 0.232. The molecule has 0 N–H and O–H groups in total. The summed E-state index contributed by atoms with van der Waals surface area (Å²) in [5.41, 5.74) is 2.19. The summed E-state index contributed by atoms with van der Waals surface area (Å²) in [6.07, 6.45) is 0.178. The number of aromatic nitrogens is 1. The van der Waals surface area contributed by atoms with Gasteiger partial charge in [0.05, 0.1) is 6.10 Å². The summed E-state index contributed by atoms with van der Waals surface area (Å²) in [7, 11) is 0. The smallest absolute Gasteiger partial charge is 0.213 e. The second-order valence-electron chi connectivity index (χ2n) is 3.26. The fraction of sp³-hybridized carbons (Fsp3) is 0.500. The highest BCUT2D eigenvalue weighted by atomic mass is 79.9. The number of hydrogen-bond donors (Lipinski definition) is 0. The molecule has 72 valence electrons. The molecule has 1 heterocycles. The monoisotopic (exact) mass is 243 g/mol. The third-order valence-corrected chi connectivity index (χ3v) is 2.15. The molecule has 0 fully saturated rings. The molecule has 0 radical (unpaired) electrons. The summed E-state index contributed by atoms with van der Waals surface area (Å²) in [6.45, 7) is 5.97. The Morgan fingerprint density at radius 1 is 1.46 bits per heavy atom. The minimum Gasteiger partial charge on any atom is -0.475 e. The molecule has 0 aliphatic rings. The van der Waals surface area contributed by atoms with Crippen LogP contribution in [0, 0.1) is 6.92 Å². The van der Waals surface area contributed by atoms with Crippen LogP contribution in [0.15, 0.2) is 12.1 Å². The minimum atomic E-state index is 0.178. The zero-order valence-corrected chi connectivity index (χ0v) is 9.76. The molecule has 0 aliphatic heterocycles. The van der Waals surface area contributed by atoms with Gasteiger partial charge in [-0.1, -0.05) is 15.9 Å². The molecule has 0 unspecified atom stereocenters. The van der Waals surface area contributed by atoms with E-state index in [9.17, 15) is 0 Å².